The Bertz CT molecular complexity index is 1030. The third-order valence-corrected chi connectivity index (χ3v) is 6.21. The van der Waals surface area contributed by atoms with Crippen molar-refractivity contribution in [1.29, 1.82) is 0 Å². The van der Waals surface area contributed by atoms with Crippen molar-refractivity contribution < 1.29 is 14.4 Å². The molecule has 2 N–H and O–H groups in total. The summed E-state index contributed by atoms with van der Waals surface area (Å²) >= 11 is 7.50. The zero-order valence-electron chi connectivity index (χ0n) is 18.1. The number of methoxy groups -OCH3 is 1. The number of thioether (sulfide) groups is 1. The Morgan fingerprint density at radius 2 is 1.97 bits per heavy atom. The second-order valence-corrected chi connectivity index (χ2v) is 8.75. The molecule has 0 spiro atoms. The summed E-state index contributed by atoms with van der Waals surface area (Å²) in [6.45, 7) is 2.77. The van der Waals surface area contributed by atoms with Crippen LogP contribution >= 0.6 is 23.4 Å². The number of rotatable bonds is 9. The molecule has 1 heterocycles. The van der Waals surface area contributed by atoms with Crippen molar-refractivity contribution >= 4 is 35.0 Å². The van der Waals surface area contributed by atoms with E-state index in [1.54, 1.807) is 25.3 Å². The van der Waals surface area contributed by atoms with E-state index in [1.807, 2.05) is 18.2 Å². The number of nitrogens with one attached hydrogen (secondary N) is 2. The summed E-state index contributed by atoms with van der Waals surface area (Å²) in [5.74, 6) is 1.52. The minimum absolute atomic E-state index is 0.145. The quantitative estimate of drug-likeness (QED) is 0.480. The predicted octanol–water partition coefficient (Wildman–Crippen LogP) is 2.92. The number of hydrogen-bond donors (Lipinski definition) is 2. The fourth-order valence-corrected chi connectivity index (χ4v) is 3.97. The largest absolute Gasteiger partial charge is 0.495 e. The fourth-order valence-electron chi connectivity index (χ4n) is 2.97. The Hall–Kier alpha value is -2.55. The Balaban J connectivity index is 1.73. The van der Waals surface area contributed by atoms with Crippen molar-refractivity contribution in [2.75, 3.05) is 32.3 Å². The van der Waals surface area contributed by atoms with E-state index < -0.39 is 0 Å². The molecule has 0 unspecified atom stereocenters. The monoisotopic (exact) mass is 460 g/mol. The highest BCUT2D eigenvalue weighted by molar-refractivity contribution is 7.99. The first-order valence-electron chi connectivity index (χ1n) is 9.92. The molecule has 0 aliphatic heterocycles. The average Bonchev–Trinajstić information content (AvgIpc) is 3.14. The summed E-state index contributed by atoms with van der Waals surface area (Å²) in [6.07, 6.45) is 0. The van der Waals surface area contributed by atoms with Crippen molar-refractivity contribution in [3.8, 4) is 5.75 Å². The summed E-state index contributed by atoms with van der Waals surface area (Å²) < 4.78 is 7.23. The second-order valence-electron chi connectivity index (χ2n) is 7.40. The maximum absolute atomic E-state index is 12.5. The van der Waals surface area contributed by atoms with E-state index in [-0.39, 0.29) is 17.7 Å². The lowest BCUT2D eigenvalue weighted by atomic mass is 10.2. The first-order valence-corrected chi connectivity index (χ1v) is 11.3. The molecule has 1 aromatic heterocycles. The highest BCUT2D eigenvalue weighted by Gasteiger charge is 2.23. The Morgan fingerprint density at radius 3 is 2.61 bits per heavy atom. The maximum Gasteiger partial charge on any atom is 0.234 e. The van der Waals surface area contributed by atoms with Crippen LogP contribution in [0.2, 0.25) is 5.02 Å². The van der Waals surface area contributed by atoms with Gasteiger partial charge in [0.25, 0.3) is 0 Å². The van der Waals surface area contributed by atoms with Crippen LogP contribution < -0.4 is 15.0 Å². The number of anilines is 1. The van der Waals surface area contributed by atoms with Gasteiger partial charge in [-0.2, -0.15) is 0 Å². The van der Waals surface area contributed by atoms with E-state index in [1.165, 1.54) is 16.7 Å². The molecule has 2 aromatic carbocycles. The average molecular weight is 461 g/mol. The summed E-state index contributed by atoms with van der Waals surface area (Å²) in [4.78, 5) is 13.8. The lowest BCUT2D eigenvalue weighted by molar-refractivity contribution is -0.890. The molecule has 7 nitrogen and oxygen atoms in total. The normalized spacial score (nSPS) is 12.1. The Morgan fingerprint density at radius 1 is 1.23 bits per heavy atom. The number of carbonyl (C=O) groups is 1. The molecule has 0 fully saturated rings. The van der Waals surface area contributed by atoms with Gasteiger partial charge in [0, 0.05) is 5.69 Å². The molecule has 0 aliphatic rings. The number of quaternary nitrogens is 1. The molecule has 3 rings (SSSR count). The summed E-state index contributed by atoms with van der Waals surface area (Å²) in [5.41, 5.74) is 1.77. The predicted molar refractivity (Wildman–Crippen MR) is 124 cm³/mol. The van der Waals surface area contributed by atoms with Gasteiger partial charge >= 0.3 is 0 Å². The molecule has 164 valence electrons. The molecule has 9 heteroatoms. The van der Waals surface area contributed by atoms with Gasteiger partial charge in [0.15, 0.2) is 11.0 Å². The molecule has 0 bridgehead atoms. The van der Waals surface area contributed by atoms with Crippen molar-refractivity contribution in [2.45, 2.75) is 24.7 Å². The summed E-state index contributed by atoms with van der Waals surface area (Å²) in [7, 11) is 5.73. The number of hydrogen-bond acceptors (Lipinski definition) is 5. The van der Waals surface area contributed by atoms with Crippen molar-refractivity contribution in [3.05, 3.63) is 64.9 Å². The van der Waals surface area contributed by atoms with Crippen molar-refractivity contribution in [3.63, 3.8) is 0 Å². The number of nitrogens with zero attached hydrogens (tertiary/aromatic N) is 3. The van der Waals surface area contributed by atoms with Gasteiger partial charge in [-0.3, -0.25) is 9.36 Å². The first kappa shape index (κ1) is 23.1. The van der Waals surface area contributed by atoms with Crippen LogP contribution in [0.3, 0.4) is 0 Å². The number of ether oxygens (including phenoxy) is 1. The molecule has 0 aliphatic carbocycles. The van der Waals surface area contributed by atoms with E-state index >= 15 is 0 Å². The van der Waals surface area contributed by atoms with Gasteiger partial charge in [-0.1, -0.05) is 53.7 Å². The number of aromatic nitrogens is 3. The lowest BCUT2D eigenvalue weighted by Gasteiger charge is -2.18. The van der Waals surface area contributed by atoms with Gasteiger partial charge in [-0.15, -0.1) is 10.2 Å². The maximum atomic E-state index is 12.5. The van der Waals surface area contributed by atoms with Crippen molar-refractivity contribution in [2.24, 2.45) is 0 Å². The van der Waals surface area contributed by atoms with Gasteiger partial charge in [0.2, 0.25) is 5.91 Å². The lowest BCUT2D eigenvalue weighted by Crippen LogP contribution is -3.05. The number of amides is 1. The Kier molecular flexibility index (Phi) is 7.95. The van der Waals surface area contributed by atoms with Gasteiger partial charge in [0.05, 0.1) is 38.5 Å². The molecule has 31 heavy (non-hydrogen) atoms. The van der Waals surface area contributed by atoms with Gasteiger partial charge in [0.1, 0.15) is 11.8 Å². The molecule has 0 saturated heterocycles. The van der Waals surface area contributed by atoms with Crippen LogP contribution in [0.15, 0.2) is 53.7 Å². The van der Waals surface area contributed by atoms with Crippen LogP contribution in [-0.4, -0.2) is 47.6 Å². The SMILES string of the molecule is COc1ccc(NC(=O)CSc2nnc([C@@H](C)[NH+](C)C)n2Cc2ccccc2)cc1Cl. The zero-order chi connectivity index (χ0) is 22.4. The van der Waals surface area contributed by atoms with E-state index in [0.717, 1.165) is 16.5 Å². The van der Waals surface area contributed by atoms with Crippen LogP contribution in [0.5, 0.6) is 5.75 Å². The third kappa shape index (κ3) is 6.00. The second kappa shape index (κ2) is 10.7. The van der Waals surface area contributed by atoms with Crippen LogP contribution in [0.4, 0.5) is 5.69 Å². The van der Waals surface area contributed by atoms with E-state index in [4.69, 9.17) is 16.3 Å². The highest BCUT2D eigenvalue weighted by Crippen LogP contribution is 2.27. The molecule has 3 aromatic rings. The van der Waals surface area contributed by atoms with E-state index in [0.29, 0.717) is 23.0 Å². The van der Waals surface area contributed by atoms with Gasteiger partial charge in [-0.05, 0) is 30.7 Å². The Labute approximate surface area is 191 Å². The molecule has 0 radical (unpaired) electrons. The smallest absolute Gasteiger partial charge is 0.234 e. The minimum atomic E-state index is -0.145. The number of carbonyl (C=O) groups excluding carboxylic acids is 1. The molecular formula is C22H27ClN5O2S+. The minimum Gasteiger partial charge on any atom is -0.495 e. The van der Waals surface area contributed by atoms with Gasteiger partial charge in [-0.25, -0.2) is 0 Å². The molecular weight excluding hydrogens is 434 g/mol. The highest BCUT2D eigenvalue weighted by atomic mass is 35.5. The van der Waals surface area contributed by atoms with Crippen LogP contribution in [0, 0.1) is 0 Å². The summed E-state index contributed by atoms with van der Waals surface area (Å²) in [5, 5.41) is 12.8. The molecule has 0 saturated carbocycles. The standard InChI is InChI=1S/C22H26ClN5O2S/c1-15(27(2)3)21-25-26-22(28(21)13-16-8-6-5-7-9-16)31-14-20(29)24-17-10-11-19(30-4)18(23)12-17/h5-12,15H,13-14H2,1-4H3,(H,24,29)/p+1/t15-/m1/s1. The molecule has 1 amide bonds. The van der Waals surface area contributed by atoms with Crippen LogP contribution in [0.1, 0.15) is 24.4 Å². The number of halogens is 1. The van der Waals surface area contributed by atoms with E-state index in [2.05, 4.69) is 53.2 Å². The fraction of sp³-hybridized carbons (Fsp3) is 0.318. The molecule has 1 atom stereocenters. The topological polar surface area (TPSA) is 73.5 Å². The van der Waals surface area contributed by atoms with Crippen LogP contribution in [-0.2, 0) is 11.3 Å². The number of benzene rings is 2. The zero-order valence-corrected chi connectivity index (χ0v) is 19.6. The van der Waals surface area contributed by atoms with Crippen LogP contribution in [0.25, 0.3) is 0 Å². The third-order valence-electron chi connectivity index (χ3n) is 4.95. The van der Waals surface area contributed by atoms with E-state index in [9.17, 15) is 4.79 Å². The summed E-state index contributed by atoms with van der Waals surface area (Å²) in [6, 6.07) is 15.5. The first-order chi connectivity index (χ1) is 14.9. The van der Waals surface area contributed by atoms with Crippen molar-refractivity contribution in [1.82, 2.24) is 14.8 Å². The van der Waals surface area contributed by atoms with Gasteiger partial charge < -0.3 is 15.0 Å².